The number of likely N-dealkylation sites (tertiary alicyclic amines) is 1. The fourth-order valence-corrected chi connectivity index (χ4v) is 2.40. The van der Waals surface area contributed by atoms with Gasteiger partial charge in [0.25, 0.3) is 0 Å². The number of hydrogen-bond acceptors (Lipinski definition) is 5. The number of ether oxygens (including phenoxy) is 1. The normalized spacial score (nSPS) is 14.3. The highest BCUT2D eigenvalue weighted by Crippen LogP contribution is 2.17. The van der Waals surface area contributed by atoms with Crippen molar-refractivity contribution in [3.05, 3.63) is 48.3 Å². The van der Waals surface area contributed by atoms with E-state index in [4.69, 9.17) is 4.74 Å². The second-order valence-corrected chi connectivity index (χ2v) is 5.24. The summed E-state index contributed by atoms with van der Waals surface area (Å²) in [5.41, 5.74) is 0.965. The van der Waals surface area contributed by atoms with Gasteiger partial charge in [-0.15, -0.1) is 0 Å². The number of carbonyl (C=O) groups excluding carboxylic acids is 1. The van der Waals surface area contributed by atoms with Crippen LogP contribution < -0.4 is 10.1 Å². The number of anilines is 1. The fourth-order valence-electron chi connectivity index (χ4n) is 2.40. The van der Waals surface area contributed by atoms with Crippen molar-refractivity contribution in [3.8, 4) is 5.75 Å². The van der Waals surface area contributed by atoms with Crippen molar-refractivity contribution in [1.82, 2.24) is 14.9 Å². The van der Waals surface area contributed by atoms with Gasteiger partial charge in [0.15, 0.2) is 0 Å². The highest BCUT2D eigenvalue weighted by molar-refractivity contribution is 5.80. The van der Waals surface area contributed by atoms with Crippen LogP contribution >= 0.6 is 0 Å². The third-order valence-corrected chi connectivity index (χ3v) is 3.62. The van der Waals surface area contributed by atoms with Gasteiger partial charge in [-0.2, -0.15) is 0 Å². The summed E-state index contributed by atoms with van der Waals surface area (Å²) in [6.07, 6.45) is 3.78. The van der Waals surface area contributed by atoms with Gasteiger partial charge in [-0.3, -0.25) is 4.79 Å². The van der Waals surface area contributed by atoms with Crippen molar-refractivity contribution >= 4 is 11.9 Å². The van der Waals surface area contributed by atoms with Crippen LogP contribution in [-0.2, 0) is 11.2 Å². The number of hydrogen-bond donors (Lipinski definition) is 1. The number of methoxy groups -OCH3 is 1. The van der Waals surface area contributed by atoms with E-state index >= 15 is 0 Å². The maximum atomic E-state index is 12.2. The molecule has 0 spiro atoms. The minimum absolute atomic E-state index is 0.125. The highest BCUT2D eigenvalue weighted by Gasteiger charge is 2.30. The largest absolute Gasteiger partial charge is 0.497 e. The number of benzene rings is 1. The molecule has 0 aliphatic carbocycles. The van der Waals surface area contributed by atoms with E-state index in [0.717, 1.165) is 11.3 Å². The molecule has 0 radical (unpaired) electrons. The quantitative estimate of drug-likeness (QED) is 0.902. The molecule has 0 unspecified atom stereocenters. The maximum Gasteiger partial charge on any atom is 0.227 e. The fraction of sp³-hybridized carbons (Fsp3) is 0.312. The Balaban J connectivity index is 1.49. The standard InChI is InChI=1S/C16H18N4O2/c1-22-14-5-2-4-12(8-14)9-15(21)20-10-13(11-20)19-16-17-6-3-7-18-16/h2-8,13H,9-11H2,1H3,(H,17,18,19). The maximum absolute atomic E-state index is 12.2. The molecular formula is C16H18N4O2. The molecule has 6 heteroatoms. The first-order chi connectivity index (χ1) is 10.7. The first-order valence-electron chi connectivity index (χ1n) is 7.19. The predicted molar refractivity (Wildman–Crippen MR) is 82.7 cm³/mol. The number of aromatic nitrogens is 2. The van der Waals surface area contributed by atoms with Crippen LogP contribution in [0.4, 0.5) is 5.95 Å². The topological polar surface area (TPSA) is 67.3 Å². The lowest BCUT2D eigenvalue weighted by atomic mass is 10.1. The average Bonchev–Trinajstić information content (AvgIpc) is 2.51. The molecule has 1 aromatic carbocycles. The Bertz CT molecular complexity index is 642. The first-order valence-corrected chi connectivity index (χ1v) is 7.19. The monoisotopic (exact) mass is 298 g/mol. The van der Waals surface area contributed by atoms with Crippen LogP contribution in [0.25, 0.3) is 0 Å². The van der Waals surface area contributed by atoms with Gasteiger partial charge in [0.05, 0.1) is 19.6 Å². The van der Waals surface area contributed by atoms with E-state index in [1.807, 2.05) is 29.2 Å². The highest BCUT2D eigenvalue weighted by atomic mass is 16.5. The summed E-state index contributed by atoms with van der Waals surface area (Å²) in [7, 11) is 1.62. The van der Waals surface area contributed by atoms with Gasteiger partial charge >= 0.3 is 0 Å². The molecule has 1 aromatic heterocycles. The van der Waals surface area contributed by atoms with Gasteiger partial charge in [-0.1, -0.05) is 12.1 Å². The zero-order chi connectivity index (χ0) is 15.4. The average molecular weight is 298 g/mol. The zero-order valence-corrected chi connectivity index (χ0v) is 12.4. The molecule has 1 N–H and O–H groups in total. The molecule has 114 valence electrons. The summed E-state index contributed by atoms with van der Waals surface area (Å²) in [6, 6.07) is 9.60. The summed E-state index contributed by atoms with van der Waals surface area (Å²) in [4.78, 5) is 22.3. The van der Waals surface area contributed by atoms with E-state index in [9.17, 15) is 4.79 Å². The zero-order valence-electron chi connectivity index (χ0n) is 12.4. The van der Waals surface area contributed by atoms with Crippen molar-refractivity contribution in [2.45, 2.75) is 12.5 Å². The second-order valence-electron chi connectivity index (χ2n) is 5.24. The summed E-state index contributed by atoms with van der Waals surface area (Å²) in [5.74, 6) is 1.50. The summed E-state index contributed by atoms with van der Waals surface area (Å²) in [5, 5.41) is 3.21. The molecule has 1 amide bonds. The van der Waals surface area contributed by atoms with E-state index in [1.54, 1.807) is 25.6 Å². The van der Waals surface area contributed by atoms with Crippen molar-refractivity contribution in [2.24, 2.45) is 0 Å². The summed E-state index contributed by atoms with van der Waals surface area (Å²) < 4.78 is 5.17. The van der Waals surface area contributed by atoms with E-state index in [2.05, 4.69) is 15.3 Å². The molecule has 1 aliphatic rings. The van der Waals surface area contributed by atoms with Gasteiger partial charge in [0, 0.05) is 25.5 Å². The number of rotatable bonds is 5. The lowest BCUT2D eigenvalue weighted by molar-refractivity contribution is -0.134. The van der Waals surface area contributed by atoms with Gasteiger partial charge in [-0.05, 0) is 23.8 Å². The van der Waals surface area contributed by atoms with Gasteiger partial charge < -0.3 is 15.0 Å². The molecule has 2 heterocycles. The minimum atomic E-state index is 0.125. The van der Waals surface area contributed by atoms with Crippen molar-refractivity contribution in [3.63, 3.8) is 0 Å². The number of nitrogens with one attached hydrogen (secondary N) is 1. The number of nitrogens with zero attached hydrogens (tertiary/aromatic N) is 3. The van der Waals surface area contributed by atoms with Crippen LogP contribution in [-0.4, -0.2) is 47.0 Å². The van der Waals surface area contributed by atoms with Gasteiger partial charge in [0.1, 0.15) is 5.75 Å². The first kappa shape index (κ1) is 14.3. The van der Waals surface area contributed by atoms with Crippen molar-refractivity contribution in [1.29, 1.82) is 0 Å². The molecule has 1 saturated heterocycles. The molecule has 0 bridgehead atoms. The lowest BCUT2D eigenvalue weighted by Crippen LogP contribution is -2.57. The smallest absolute Gasteiger partial charge is 0.227 e. The Hall–Kier alpha value is -2.63. The molecule has 0 saturated carbocycles. The molecule has 1 aliphatic heterocycles. The SMILES string of the molecule is COc1cccc(CC(=O)N2CC(Nc3ncccn3)C2)c1. The second kappa shape index (κ2) is 6.43. The Morgan fingerprint density at radius 1 is 1.32 bits per heavy atom. The summed E-state index contributed by atoms with van der Waals surface area (Å²) >= 11 is 0. The van der Waals surface area contributed by atoms with E-state index in [-0.39, 0.29) is 11.9 Å². The molecule has 1 fully saturated rings. The Labute approximate surface area is 129 Å². The van der Waals surface area contributed by atoms with Crippen LogP contribution in [0.15, 0.2) is 42.7 Å². The third-order valence-electron chi connectivity index (χ3n) is 3.62. The van der Waals surface area contributed by atoms with Crippen molar-refractivity contribution in [2.75, 3.05) is 25.5 Å². The van der Waals surface area contributed by atoms with Gasteiger partial charge in [-0.25, -0.2) is 9.97 Å². The predicted octanol–water partition coefficient (Wildman–Crippen LogP) is 1.35. The van der Waals surface area contributed by atoms with E-state index in [0.29, 0.717) is 25.5 Å². The van der Waals surface area contributed by atoms with Gasteiger partial charge in [0.2, 0.25) is 11.9 Å². The van der Waals surface area contributed by atoms with E-state index in [1.165, 1.54) is 0 Å². The van der Waals surface area contributed by atoms with Crippen LogP contribution in [0.5, 0.6) is 5.75 Å². The number of carbonyl (C=O) groups is 1. The number of amides is 1. The van der Waals surface area contributed by atoms with Crippen molar-refractivity contribution < 1.29 is 9.53 Å². The molecule has 3 rings (SSSR count). The molecule has 2 aromatic rings. The molecule has 6 nitrogen and oxygen atoms in total. The van der Waals surface area contributed by atoms with Crippen LogP contribution in [0.1, 0.15) is 5.56 Å². The van der Waals surface area contributed by atoms with Crippen LogP contribution in [0.2, 0.25) is 0 Å². The lowest BCUT2D eigenvalue weighted by Gasteiger charge is -2.39. The minimum Gasteiger partial charge on any atom is -0.497 e. The molecular weight excluding hydrogens is 280 g/mol. The Morgan fingerprint density at radius 3 is 2.82 bits per heavy atom. The Morgan fingerprint density at radius 2 is 2.09 bits per heavy atom. The molecule has 0 atom stereocenters. The Kier molecular flexibility index (Phi) is 4.18. The third kappa shape index (κ3) is 3.33. The van der Waals surface area contributed by atoms with Crippen LogP contribution in [0, 0.1) is 0 Å². The molecule has 22 heavy (non-hydrogen) atoms. The summed E-state index contributed by atoms with van der Waals surface area (Å²) in [6.45, 7) is 1.36. The van der Waals surface area contributed by atoms with E-state index < -0.39 is 0 Å². The van der Waals surface area contributed by atoms with Crippen LogP contribution in [0.3, 0.4) is 0 Å².